The van der Waals surface area contributed by atoms with Crippen LogP contribution in [-0.4, -0.2) is 15.9 Å². The molecule has 0 bridgehead atoms. The molecule has 2 heteroatoms. The van der Waals surface area contributed by atoms with E-state index in [9.17, 15) is 0 Å². The molecule has 0 saturated carbocycles. The van der Waals surface area contributed by atoms with Crippen LogP contribution < -0.4 is 0 Å². The summed E-state index contributed by atoms with van der Waals surface area (Å²) in [7, 11) is -1.30. The van der Waals surface area contributed by atoms with Gasteiger partial charge in [0.1, 0.15) is 0 Å². The Morgan fingerprint density at radius 2 is 2.00 bits per heavy atom. The van der Waals surface area contributed by atoms with Gasteiger partial charge >= 0.3 is 0 Å². The molecule has 0 N–H and O–H groups in total. The van der Waals surface area contributed by atoms with Crippen molar-refractivity contribution in [3.05, 3.63) is 23.4 Å². The van der Waals surface area contributed by atoms with Crippen LogP contribution in [0.2, 0.25) is 26.2 Å². The first-order valence-corrected chi connectivity index (χ1v) is 11.4. The van der Waals surface area contributed by atoms with Crippen molar-refractivity contribution >= 4 is 15.9 Å². The molecule has 0 heterocycles. The average Bonchev–Trinajstić information content (AvgIpc) is 2.34. The molecular formula is C9H18Si2. The quantitative estimate of drug-likeness (QED) is 0.576. The number of rotatable bonds is 2. The van der Waals surface area contributed by atoms with Gasteiger partial charge in [0.05, 0.1) is 8.31 Å². The molecule has 0 amide bonds. The summed E-state index contributed by atoms with van der Waals surface area (Å²) in [6, 6.07) is 0. The summed E-state index contributed by atoms with van der Waals surface area (Å²) in [5.74, 6) is 0. The molecule has 0 spiro atoms. The van der Waals surface area contributed by atoms with Crippen molar-refractivity contribution in [2.75, 3.05) is 0 Å². The van der Waals surface area contributed by atoms with E-state index in [1.807, 2.05) is 0 Å². The fraction of sp³-hybridized carbons (Fsp3) is 0.556. The van der Waals surface area contributed by atoms with Gasteiger partial charge in [0, 0.05) is 7.59 Å². The Bertz CT molecular complexity index is 196. The zero-order valence-corrected chi connectivity index (χ0v) is 10.2. The highest BCUT2D eigenvalue weighted by molar-refractivity contribution is 7.33. The van der Waals surface area contributed by atoms with Gasteiger partial charge in [0.2, 0.25) is 0 Å². The minimum atomic E-state index is -0.795. The van der Waals surface area contributed by atoms with Crippen LogP contribution in [-0.2, 0) is 0 Å². The second-order valence-electron chi connectivity index (χ2n) is 4.46. The van der Waals surface area contributed by atoms with Gasteiger partial charge in [-0.3, -0.25) is 0 Å². The fourth-order valence-corrected chi connectivity index (χ4v) is 7.32. The largest absolute Gasteiger partial charge is 0.0833 e. The van der Waals surface area contributed by atoms with Crippen molar-refractivity contribution in [1.82, 2.24) is 0 Å². The molecule has 0 aliphatic heterocycles. The van der Waals surface area contributed by atoms with E-state index in [1.54, 1.807) is 5.20 Å². The average molecular weight is 182 g/mol. The van der Waals surface area contributed by atoms with E-state index in [4.69, 9.17) is 0 Å². The van der Waals surface area contributed by atoms with E-state index in [0.29, 0.717) is 0 Å². The molecule has 62 valence electrons. The van der Waals surface area contributed by atoms with Gasteiger partial charge < -0.3 is 0 Å². The van der Waals surface area contributed by atoms with Gasteiger partial charge in [-0.05, 0) is 6.42 Å². The van der Waals surface area contributed by atoms with Crippen LogP contribution >= 0.6 is 0 Å². The monoisotopic (exact) mass is 182 g/mol. The summed E-state index contributed by atoms with van der Waals surface area (Å²) in [5, 5.41) is 1.78. The Kier molecular flexibility index (Phi) is 2.55. The number of hydrogen-bond donors (Lipinski definition) is 0. The highest BCUT2D eigenvalue weighted by Crippen LogP contribution is 2.20. The first kappa shape index (κ1) is 9.01. The fourth-order valence-electron chi connectivity index (χ4n) is 1.34. The standard InChI is InChI=1S/C9H18Si2/c1-10(11(2,3)4)9-7-5-6-8-9/h5-7,10H,8H2,1-4H3. The molecule has 1 rings (SSSR count). The normalized spacial score (nSPS) is 20.2. The van der Waals surface area contributed by atoms with Crippen LogP contribution in [0, 0.1) is 0 Å². The first-order valence-electron chi connectivity index (χ1n) is 4.37. The highest BCUT2D eigenvalue weighted by atomic mass is 29.2. The van der Waals surface area contributed by atoms with Crippen molar-refractivity contribution < 1.29 is 0 Å². The summed E-state index contributed by atoms with van der Waals surface area (Å²) >= 11 is 0. The Morgan fingerprint density at radius 1 is 1.36 bits per heavy atom. The van der Waals surface area contributed by atoms with Crippen molar-refractivity contribution in [1.29, 1.82) is 0 Å². The predicted molar refractivity (Wildman–Crippen MR) is 58.2 cm³/mol. The smallest absolute Gasteiger partial charge is 0.0568 e. The maximum atomic E-state index is 2.52. The summed E-state index contributed by atoms with van der Waals surface area (Å²) in [6.45, 7) is 10.0. The lowest BCUT2D eigenvalue weighted by atomic mass is 10.5. The van der Waals surface area contributed by atoms with Crippen molar-refractivity contribution in [2.45, 2.75) is 32.6 Å². The molecule has 1 atom stereocenters. The van der Waals surface area contributed by atoms with Crippen LogP contribution in [0.25, 0.3) is 0 Å². The van der Waals surface area contributed by atoms with Crippen molar-refractivity contribution in [3.8, 4) is 0 Å². The van der Waals surface area contributed by atoms with Crippen molar-refractivity contribution in [2.24, 2.45) is 0 Å². The molecule has 0 fully saturated rings. The Balaban J connectivity index is 2.62. The summed E-state index contributed by atoms with van der Waals surface area (Å²) in [5.41, 5.74) is 0. The molecule has 11 heavy (non-hydrogen) atoms. The van der Waals surface area contributed by atoms with E-state index < -0.39 is 15.9 Å². The third-order valence-electron chi connectivity index (χ3n) is 2.66. The molecule has 1 aliphatic rings. The molecule has 1 aliphatic carbocycles. The van der Waals surface area contributed by atoms with Crippen LogP contribution in [0.15, 0.2) is 23.4 Å². The van der Waals surface area contributed by atoms with Gasteiger partial charge in [-0.2, -0.15) is 0 Å². The van der Waals surface area contributed by atoms with E-state index in [2.05, 4.69) is 44.4 Å². The molecule has 0 radical (unpaired) electrons. The second-order valence-corrected chi connectivity index (χ2v) is 19.2. The molecule has 0 aromatic rings. The van der Waals surface area contributed by atoms with Gasteiger partial charge in [0.15, 0.2) is 0 Å². The van der Waals surface area contributed by atoms with Gasteiger partial charge in [-0.25, -0.2) is 0 Å². The summed E-state index contributed by atoms with van der Waals surface area (Å²) < 4.78 is 0. The van der Waals surface area contributed by atoms with E-state index >= 15 is 0 Å². The van der Waals surface area contributed by atoms with E-state index in [1.165, 1.54) is 6.42 Å². The summed E-state index contributed by atoms with van der Waals surface area (Å²) in [4.78, 5) is 0. The molecule has 1 unspecified atom stereocenters. The lowest BCUT2D eigenvalue weighted by Crippen LogP contribution is -2.41. The molecule has 0 aromatic heterocycles. The zero-order chi connectivity index (χ0) is 8.48. The summed E-state index contributed by atoms with van der Waals surface area (Å²) in [6.07, 6.45) is 8.13. The number of allylic oxidation sites excluding steroid dienone is 4. The van der Waals surface area contributed by atoms with E-state index in [0.717, 1.165) is 0 Å². The third kappa shape index (κ3) is 2.17. The van der Waals surface area contributed by atoms with Gasteiger partial charge in [0.25, 0.3) is 0 Å². The maximum absolute atomic E-state index is 2.52. The maximum Gasteiger partial charge on any atom is 0.0568 e. The van der Waals surface area contributed by atoms with E-state index in [-0.39, 0.29) is 0 Å². The van der Waals surface area contributed by atoms with Crippen LogP contribution in [0.5, 0.6) is 0 Å². The lowest BCUT2D eigenvalue weighted by molar-refractivity contribution is 1.39. The zero-order valence-electron chi connectivity index (χ0n) is 8.02. The number of hydrogen-bond acceptors (Lipinski definition) is 0. The molecular weight excluding hydrogens is 164 g/mol. The van der Waals surface area contributed by atoms with Crippen LogP contribution in [0.3, 0.4) is 0 Å². The van der Waals surface area contributed by atoms with Crippen LogP contribution in [0.1, 0.15) is 6.42 Å². The van der Waals surface area contributed by atoms with Crippen molar-refractivity contribution in [3.63, 3.8) is 0 Å². The Labute approximate surface area is 72.4 Å². The highest BCUT2D eigenvalue weighted by Gasteiger charge is 2.26. The topological polar surface area (TPSA) is 0 Å². The molecule has 0 aromatic carbocycles. The minimum Gasteiger partial charge on any atom is -0.0833 e. The minimum absolute atomic E-state index is 0.505. The molecule has 0 nitrogen and oxygen atoms in total. The first-order chi connectivity index (χ1) is 5.02. The van der Waals surface area contributed by atoms with Crippen LogP contribution in [0.4, 0.5) is 0 Å². The van der Waals surface area contributed by atoms with Gasteiger partial charge in [-0.1, -0.05) is 49.6 Å². The predicted octanol–water partition coefficient (Wildman–Crippen LogP) is 2.69. The Morgan fingerprint density at radius 3 is 2.36 bits per heavy atom. The molecule has 0 saturated heterocycles. The lowest BCUT2D eigenvalue weighted by Gasteiger charge is -2.24. The SMILES string of the molecule is C[SiH](C1=CC=CC1)[Si](C)(C)C. The Hall–Kier alpha value is -0.0862. The van der Waals surface area contributed by atoms with Gasteiger partial charge in [-0.15, -0.1) is 0 Å². The second kappa shape index (κ2) is 3.11. The third-order valence-corrected chi connectivity index (χ3v) is 15.7.